The van der Waals surface area contributed by atoms with Crippen molar-refractivity contribution in [2.45, 2.75) is 19.6 Å². The molecule has 0 fully saturated rings. The molecule has 0 unspecified atom stereocenters. The molecule has 86 valence electrons. The van der Waals surface area contributed by atoms with Crippen molar-refractivity contribution >= 4 is 11.0 Å². The fraction of sp³-hybridized carbons (Fsp3) is 0.273. The zero-order valence-electron chi connectivity index (χ0n) is 8.56. The van der Waals surface area contributed by atoms with Crippen molar-refractivity contribution in [3.8, 4) is 0 Å². The molecule has 0 saturated carbocycles. The predicted octanol–water partition coefficient (Wildman–Crippen LogP) is 3.22. The molecule has 5 heteroatoms. The molecule has 0 aliphatic heterocycles. The Morgan fingerprint density at radius 2 is 2.00 bits per heavy atom. The molecule has 1 heterocycles. The Hall–Kier alpha value is -1.49. The summed E-state index contributed by atoms with van der Waals surface area (Å²) in [6.07, 6.45) is -4.37. The number of rotatable bonds is 1. The van der Waals surface area contributed by atoms with E-state index in [0.29, 0.717) is 11.3 Å². The van der Waals surface area contributed by atoms with Gasteiger partial charge < -0.3 is 10.2 Å². The molecule has 2 nitrogen and oxygen atoms in total. The van der Waals surface area contributed by atoms with Crippen LogP contribution in [0, 0.1) is 6.92 Å². The summed E-state index contributed by atoms with van der Waals surface area (Å²) < 4.78 is 43.5. The summed E-state index contributed by atoms with van der Waals surface area (Å²) in [7, 11) is 0. The van der Waals surface area contributed by atoms with Crippen molar-refractivity contribution in [3.63, 3.8) is 0 Å². The number of halogens is 3. The van der Waals surface area contributed by atoms with Crippen molar-refractivity contribution in [2.75, 3.05) is 0 Å². The van der Waals surface area contributed by atoms with Crippen LogP contribution in [0.2, 0.25) is 0 Å². The van der Waals surface area contributed by atoms with Gasteiger partial charge >= 0.3 is 6.18 Å². The van der Waals surface area contributed by atoms with Gasteiger partial charge in [-0.25, -0.2) is 0 Å². The first-order valence-corrected chi connectivity index (χ1v) is 4.73. The molecule has 2 N–H and O–H groups in total. The zero-order chi connectivity index (χ0) is 11.9. The molecule has 2 rings (SSSR count). The minimum atomic E-state index is -4.37. The van der Waals surface area contributed by atoms with Crippen LogP contribution < -0.4 is 5.73 Å². The van der Waals surface area contributed by atoms with Gasteiger partial charge in [0.15, 0.2) is 0 Å². The highest BCUT2D eigenvalue weighted by Crippen LogP contribution is 2.38. The van der Waals surface area contributed by atoms with Crippen molar-refractivity contribution in [1.82, 2.24) is 0 Å². The molecule has 0 spiro atoms. The van der Waals surface area contributed by atoms with Gasteiger partial charge in [-0.1, -0.05) is 6.07 Å². The number of furan rings is 1. The first-order chi connectivity index (χ1) is 7.45. The topological polar surface area (TPSA) is 39.2 Å². The number of aryl methyl sites for hydroxylation is 1. The summed E-state index contributed by atoms with van der Waals surface area (Å²) in [5.41, 5.74) is 5.42. The van der Waals surface area contributed by atoms with Gasteiger partial charge in [0.05, 0.1) is 12.1 Å². The van der Waals surface area contributed by atoms with Gasteiger partial charge in [0.25, 0.3) is 0 Å². The van der Waals surface area contributed by atoms with Crippen molar-refractivity contribution in [2.24, 2.45) is 5.73 Å². The highest BCUT2D eigenvalue weighted by molar-refractivity contribution is 5.86. The van der Waals surface area contributed by atoms with E-state index in [-0.39, 0.29) is 17.5 Å². The van der Waals surface area contributed by atoms with Gasteiger partial charge in [-0.15, -0.1) is 0 Å². The average Bonchev–Trinajstić information content (AvgIpc) is 2.54. The monoisotopic (exact) mass is 229 g/mol. The van der Waals surface area contributed by atoms with E-state index < -0.39 is 11.7 Å². The van der Waals surface area contributed by atoms with Crippen LogP contribution in [-0.2, 0) is 12.7 Å². The molecule has 0 aliphatic rings. The van der Waals surface area contributed by atoms with E-state index in [0.717, 1.165) is 6.07 Å². The van der Waals surface area contributed by atoms with E-state index in [1.54, 1.807) is 6.92 Å². The standard InChI is InChI=1S/C11H10F3NO/c1-6-9(5-15)16-8-4-2-3-7(10(6)8)11(12,13)14/h2-4H,5,15H2,1H3. The average molecular weight is 229 g/mol. The summed E-state index contributed by atoms with van der Waals surface area (Å²) in [5.74, 6) is 0.395. The molecule has 2 aromatic rings. The van der Waals surface area contributed by atoms with Crippen LogP contribution in [0.5, 0.6) is 0 Å². The summed E-state index contributed by atoms with van der Waals surface area (Å²) in [4.78, 5) is 0. The Bertz CT molecular complexity index is 528. The van der Waals surface area contributed by atoms with Gasteiger partial charge in [-0.05, 0) is 19.1 Å². The highest BCUT2D eigenvalue weighted by Gasteiger charge is 2.34. The SMILES string of the molecule is Cc1c(CN)oc2cccc(C(F)(F)F)c12. The molecule has 1 aromatic heterocycles. The Morgan fingerprint density at radius 1 is 1.31 bits per heavy atom. The van der Waals surface area contributed by atoms with Crippen LogP contribution in [0.3, 0.4) is 0 Å². The van der Waals surface area contributed by atoms with E-state index in [4.69, 9.17) is 10.2 Å². The lowest BCUT2D eigenvalue weighted by atomic mass is 10.1. The second-order valence-electron chi connectivity index (χ2n) is 3.53. The zero-order valence-corrected chi connectivity index (χ0v) is 8.56. The quantitative estimate of drug-likeness (QED) is 0.815. The molecule has 0 amide bonds. The largest absolute Gasteiger partial charge is 0.459 e. The molecular weight excluding hydrogens is 219 g/mol. The molecule has 0 bridgehead atoms. The number of nitrogens with two attached hydrogens (primary N) is 1. The third kappa shape index (κ3) is 1.57. The summed E-state index contributed by atoms with van der Waals surface area (Å²) in [6.45, 7) is 1.68. The Balaban J connectivity index is 2.81. The van der Waals surface area contributed by atoms with E-state index in [1.807, 2.05) is 0 Å². The third-order valence-corrected chi connectivity index (χ3v) is 2.54. The van der Waals surface area contributed by atoms with Crippen LogP contribution in [0.4, 0.5) is 13.2 Å². The van der Waals surface area contributed by atoms with Gasteiger partial charge in [0.2, 0.25) is 0 Å². The maximum absolute atomic E-state index is 12.7. The molecular formula is C11H10F3NO. The number of benzene rings is 1. The second kappa shape index (κ2) is 3.52. The lowest BCUT2D eigenvalue weighted by Gasteiger charge is -2.07. The first kappa shape index (κ1) is 11.0. The summed E-state index contributed by atoms with van der Waals surface area (Å²) in [6, 6.07) is 3.89. The van der Waals surface area contributed by atoms with E-state index in [1.165, 1.54) is 12.1 Å². The molecule has 0 atom stereocenters. The first-order valence-electron chi connectivity index (χ1n) is 4.73. The minimum Gasteiger partial charge on any atom is -0.459 e. The van der Waals surface area contributed by atoms with E-state index in [2.05, 4.69) is 0 Å². The van der Waals surface area contributed by atoms with Crippen LogP contribution in [0.25, 0.3) is 11.0 Å². The summed E-state index contributed by atoms with van der Waals surface area (Å²) >= 11 is 0. The lowest BCUT2D eigenvalue weighted by Crippen LogP contribution is -2.05. The Labute approximate surface area is 89.8 Å². The van der Waals surface area contributed by atoms with Crippen LogP contribution >= 0.6 is 0 Å². The van der Waals surface area contributed by atoms with Gasteiger partial charge in [0, 0.05) is 10.9 Å². The second-order valence-corrected chi connectivity index (χ2v) is 3.53. The number of alkyl halides is 3. The lowest BCUT2D eigenvalue weighted by molar-refractivity contribution is -0.136. The molecule has 0 saturated heterocycles. The van der Waals surface area contributed by atoms with Crippen molar-refractivity contribution < 1.29 is 17.6 Å². The van der Waals surface area contributed by atoms with E-state index >= 15 is 0 Å². The van der Waals surface area contributed by atoms with Crippen molar-refractivity contribution in [3.05, 3.63) is 35.1 Å². The van der Waals surface area contributed by atoms with Crippen LogP contribution in [-0.4, -0.2) is 0 Å². The Kier molecular flexibility index (Phi) is 2.42. The molecule has 1 aromatic carbocycles. The summed E-state index contributed by atoms with van der Waals surface area (Å²) in [5, 5.41) is 0.107. The smallest absolute Gasteiger partial charge is 0.417 e. The normalized spacial score (nSPS) is 12.3. The number of hydrogen-bond acceptors (Lipinski definition) is 2. The maximum Gasteiger partial charge on any atom is 0.417 e. The third-order valence-electron chi connectivity index (χ3n) is 2.54. The molecule has 16 heavy (non-hydrogen) atoms. The van der Waals surface area contributed by atoms with E-state index in [9.17, 15) is 13.2 Å². The fourth-order valence-corrected chi connectivity index (χ4v) is 1.78. The van der Waals surface area contributed by atoms with Gasteiger partial charge in [-0.3, -0.25) is 0 Å². The fourth-order valence-electron chi connectivity index (χ4n) is 1.78. The highest BCUT2D eigenvalue weighted by atomic mass is 19.4. The molecule has 0 radical (unpaired) electrons. The van der Waals surface area contributed by atoms with Gasteiger partial charge in [-0.2, -0.15) is 13.2 Å². The minimum absolute atomic E-state index is 0.0951. The van der Waals surface area contributed by atoms with Crippen LogP contribution in [0.15, 0.2) is 22.6 Å². The predicted molar refractivity (Wildman–Crippen MR) is 53.8 cm³/mol. The van der Waals surface area contributed by atoms with Gasteiger partial charge in [0.1, 0.15) is 11.3 Å². The Morgan fingerprint density at radius 3 is 2.56 bits per heavy atom. The van der Waals surface area contributed by atoms with Crippen molar-refractivity contribution in [1.29, 1.82) is 0 Å². The maximum atomic E-state index is 12.7. The number of hydrogen-bond donors (Lipinski definition) is 1. The van der Waals surface area contributed by atoms with Crippen LogP contribution in [0.1, 0.15) is 16.9 Å². The molecule has 0 aliphatic carbocycles. The number of fused-ring (bicyclic) bond motifs is 1.